The number of rotatable bonds is 4. The second-order valence-corrected chi connectivity index (χ2v) is 5.89. The SMILES string of the molecule is COCCC(=O)N1CC[C@@H]2[C@H]1CCC(=O)N2c1ccccc1. The minimum Gasteiger partial charge on any atom is -0.384 e. The number of hydrogen-bond donors (Lipinski definition) is 0. The normalized spacial score (nSPS) is 24.5. The van der Waals surface area contributed by atoms with Crippen molar-refractivity contribution in [2.45, 2.75) is 37.8 Å². The van der Waals surface area contributed by atoms with Gasteiger partial charge in [0.05, 0.1) is 25.1 Å². The molecule has 2 aliphatic rings. The highest BCUT2D eigenvalue weighted by Crippen LogP contribution is 2.34. The first kappa shape index (κ1) is 15.0. The Morgan fingerprint density at radius 2 is 2.00 bits per heavy atom. The maximum atomic E-state index is 12.4. The van der Waals surface area contributed by atoms with Crippen molar-refractivity contribution in [1.29, 1.82) is 0 Å². The van der Waals surface area contributed by atoms with E-state index >= 15 is 0 Å². The lowest BCUT2D eigenvalue weighted by atomic mass is 9.95. The van der Waals surface area contributed by atoms with Crippen LogP contribution >= 0.6 is 0 Å². The van der Waals surface area contributed by atoms with Crippen molar-refractivity contribution in [2.75, 3.05) is 25.2 Å². The highest BCUT2D eigenvalue weighted by atomic mass is 16.5. The largest absolute Gasteiger partial charge is 0.384 e. The van der Waals surface area contributed by atoms with Crippen molar-refractivity contribution in [3.05, 3.63) is 30.3 Å². The average Bonchev–Trinajstić information content (AvgIpc) is 2.97. The highest BCUT2D eigenvalue weighted by Gasteiger charge is 2.45. The molecule has 0 unspecified atom stereocenters. The minimum absolute atomic E-state index is 0.107. The molecular formula is C17H22N2O3. The number of carbonyl (C=O) groups excluding carboxylic acids is 2. The highest BCUT2D eigenvalue weighted by molar-refractivity contribution is 5.95. The molecule has 1 aromatic carbocycles. The summed E-state index contributed by atoms with van der Waals surface area (Å²) in [6, 6.07) is 10.0. The van der Waals surface area contributed by atoms with E-state index in [4.69, 9.17) is 4.74 Å². The number of amides is 2. The summed E-state index contributed by atoms with van der Waals surface area (Å²) < 4.78 is 5.00. The number of methoxy groups -OCH3 is 1. The molecule has 5 heteroatoms. The summed E-state index contributed by atoms with van der Waals surface area (Å²) in [6.07, 6.45) is 2.54. The average molecular weight is 302 g/mol. The zero-order valence-electron chi connectivity index (χ0n) is 12.9. The molecule has 0 saturated carbocycles. The van der Waals surface area contributed by atoms with Gasteiger partial charge < -0.3 is 14.5 Å². The van der Waals surface area contributed by atoms with Gasteiger partial charge in [-0.2, -0.15) is 0 Å². The topological polar surface area (TPSA) is 49.9 Å². The molecule has 0 radical (unpaired) electrons. The van der Waals surface area contributed by atoms with Crippen molar-refractivity contribution in [2.24, 2.45) is 0 Å². The molecule has 3 rings (SSSR count). The quantitative estimate of drug-likeness (QED) is 0.852. The maximum absolute atomic E-state index is 12.4. The Hall–Kier alpha value is -1.88. The van der Waals surface area contributed by atoms with Gasteiger partial charge in [0, 0.05) is 25.8 Å². The molecule has 2 atom stereocenters. The van der Waals surface area contributed by atoms with E-state index in [0.29, 0.717) is 19.4 Å². The molecule has 0 spiro atoms. The van der Waals surface area contributed by atoms with Gasteiger partial charge in [0.1, 0.15) is 0 Å². The summed E-state index contributed by atoms with van der Waals surface area (Å²) >= 11 is 0. The first-order chi connectivity index (χ1) is 10.7. The van der Waals surface area contributed by atoms with Crippen molar-refractivity contribution >= 4 is 17.5 Å². The van der Waals surface area contributed by atoms with Crippen LogP contribution in [0.4, 0.5) is 5.69 Å². The van der Waals surface area contributed by atoms with Crippen LogP contribution in [0.15, 0.2) is 30.3 Å². The Labute approximate surface area is 130 Å². The number of para-hydroxylation sites is 1. The molecule has 5 nitrogen and oxygen atoms in total. The molecule has 0 N–H and O–H groups in total. The summed E-state index contributed by atoms with van der Waals surface area (Å²) in [5, 5.41) is 0. The third-order valence-electron chi connectivity index (χ3n) is 4.64. The first-order valence-electron chi connectivity index (χ1n) is 7.88. The van der Waals surface area contributed by atoms with Gasteiger partial charge in [0.25, 0.3) is 0 Å². The van der Waals surface area contributed by atoms with Crippen LogP contribution in [0, 0.1) is 0 Å². The lowest BCUT2D eigenvalue weighted by molar-refractivity contribution is -0.134. The molecular weight excluding hydrogens is 280 g/mol. The van der Waals surface area contributed by atoms with Crippen LogP contribution in [0.1, 0.15) is 25.7 Å². The van der Waals surface area contributed by atoms with E-state index < -0.39 is 0 Å². The fourth-order valence-electron chi connectivity index (χ4n) is 3.63. The molecule has 22 heavy (non-hydrogen) atoms. The number of likely N-dealkylation sites (tertiary alicyclic amines) is 1. The van der Waals surface area contributed by atoms with E-state index in [2.05, 4.69) is 0 Å². The van der Waals surface area contributed by atoms with E-state index in [-0.39, 0.29) is 23.9 Å². The summed E-state index contributed by atoms with van der Waals surface area (Å²) in [6.45, 7) is 1.18. The van der Waals surface area contributed by atoms with Gasteiger partial charge in [-0.3, -0.25) is 9.59 Å². The number of fused-ring (bicyclic) bond motifs is 1. The van der Waals surface area contributed by atoms with E-state index in [0.717, 1.165) is 25.1 Å². The molecule has 2 saturated heterocycles. The molecule has 2 amide bonds. The van der Waals surface area contributed by atoms with Crippen LogP contribution < -0.4 is 4.90 Å². The molecule has 1 aromatic rings. The van der Waals surface area contributed by atoms with Crippen molar-refractivity contribution in [3.8, 4) is 0 Å². The fraction of sp³-hybridized carbons (Fsp3) is 0.529. The van der Waals surface area contributed by atoms with Crippen LogP contribution in [-0.2, 0) is 14.3 Å². The van der Waals surface area contributed by atoms with Gasteiger partial charge in [-0.25, -0.2) is 0 Å². The third-order valence-corrected chi connectivity index (χ3v) is 4.64. The number of benzene rings is 1. The van der Waals surface area contributed by atoms with Crippen molar-refractivity contribution < 1.29 is 14.3 Å². The van der Waals surface area contributed by atoms with Crippen LogP contribution in [0.25, 0.3) is 0 Å². The zero-order chi connectivity index (χ0) is 15.5. The minimum atomic E-state index is 0.107. The molecule has 0 bridgehead atoms. The summed E-state index contributed by atoms with van der Waals surface area (Å²) in [5.74, 6) is 0.301. The van der Waals surface area contributed by atoms with Gasteiger partial charge in [0.2, 0.25) is 11.8 Å². The van der Waals surface area contributed by atoms with Gasteiger partial charge in [-0.1, -0.05) is 18.2 Å². The van der Waals surface area contributed by atoms with Crippen LogP contribution in [0.2, 0.25) is 0 Å². The summed E-state index contributed by atoms with van der Waals surface area (Å²) in [4.78, 5) is 28.6. The Bertz CT molecular complexity index is 546. The standard InChI is InChI=1S/C17H22N2O3/c1-22-12-10-16(20)18-11-9-15-14(18)7-8-17(21)19(15)13-5-3-2-4-6-13/h2-6,14-15H,7-12H2,1H3/t14-,15-/m1/s1. The lowest BCUT2D eigenvalue weighted by Crippen LogP contribution is -2.53. The van der Waals surface area contributed by atoms with Crippen LogP contribution in [-0.4, -0.2) is 49.1 Å². The Balaban J connectivity index is 1.78. The van der Waals surface area contributed by atoms with E-state index in [9.17, 15) is 9.59 Å². The van der Waals surface area contributed by atoms with Crippen LogP contribution in [0.3, 0.4) is 0 Å². The maximum Gasteiger partial charge on any atom is 0.227 e. The molecule has 0 aromatic heterocycles. The number of ether oxygens (including phenoxy) is 1. The Morgan fingerprint density at radius 1 is 1.23 bits per heavy atom. The third kappa shape index (κ3) is 2.73. The molecule has 2 heterocycles. The smallest absolute Gasteiger partial charge is 0.227 e. The second kappa shape index (κ2) is 6.48. The second-order valence-electron chi connectivity index (χ2n) is 5.89. The molecule has 2 fully saturated rings. The number of nitrogens with zero attached hydrogens (tertiary/aromatic N) is 2. The van der Waals surface area contributed by atoms with Gasteiger partial charge >= 0.3 is 0 Å². The predicted molar refractivity (Wildman–Crippen MR) is 83.6 cm³/mol. The predicted octanol–water partition coefficient (Wildman–Crippen LogP) is 1.82. The Kier molecular flexibility index (Phi) is 4.43. The number of hydrogen-bond acceptors (Lipinski definition) is 3. The Morgan fingerprint density at radius 3 is 2.73 bits per heavy atom. The van der Waals surface area contributed by atoms with Crippen LogP contribution in [0.5, 0.6) is 0 Å². The number of carbonyl (C=O) groups is 2. The van der Waals surface area contributed by atoms with Crippen molar-refractivity contribution in [1.82, 2.24) is 4.90 Å². The summed E-state index contributed by atoms with van der Waals surface area (Å²) in [7, 11) is 1.61. The van der Waals surface area contributed by atoms with E-state index in [1.165, 1.54) is 0 Å². The fourth-order valence-corrected chi connectivity index (χ4v) is 3.63. The summed E-state index contributed by atoms with van der Waals surface area (Å²) in [5.41, 5.74) is 0.938. The number of anilines is 1. The molecule has 0 aliphatic carbocycles. The number of piperidine rings is 1. The van der Waals surface area contributed by atoms with E-state index in [1.807, 2.05) is 40.1 Å². The van der Waals surface area contributed by atoms with Gasteiger partial charge in [-0.15, -0.1) is 0 Å². The first-order valence-corrected chi connectivity index (χ1v) is 7.88. The molecule has 2 aliphatic heterocycles. The van der Waals surface area contributed by atoms with E-state index in [1.54, 1.807) is 7.11 Å². The van der Waals surface area contributed by atoms with Crippen molar-refractivity contribution in [3.63, 3.8) is 0 Å². The zero-order valence-corrected chi connectivity index (χ0v) is 12.9. The molecule has 118 valence electrons. The lowest BCUT2D eigenvalue weighted by Gasteiger charge is -2.39. The van der Waals surface area contributed by atoms with Gasteiger partial charge in [0.15, 0.2) is 0 Å². The monoisotopic (exact) mass is 302 g/mol. The van der Waals surface area contributed by atoms with Gasteiger partial charge in [-0.05, 0) is 25.0 Å².